The van der Waals surface area contributed by atoms with Crippen molar-refractivity contribution in [3.8, 4) is 0 Å². The van der Waals surface area contributed by atoms with Gasteiger partial charge >= 0.3 is 0 Å². The monoisotopic (exact) mass is 207 g/mol. The molecule has 1 heterocycles. The highest BCUT2D eigenvalue weighted by Gasteiger charge is 2.14. The van der Waals surface area contributed by atoms with Gasteiger partial charge < -0.3 is 9.63 Å². The molecule has 7 heteroatoms. The second-order valence-electron chi connectivity index (χ2n) is 2.68. The summed E-state index contributed by atoms with van der Waals surface area (Å²) in [5.74, 6) is 0.263. The number of rotatable bonds is 6. The third kappa shape index (κ3) is 3.75. The normalized spacial score (nSPS) is 11.5. The molecule has 1 aromatic heterocycles. The first kappa shape index (κ1) is 11.0. The number of halogens is 2. The standard InChI is InChI=1S/C7H11F2N3O2/c8-6(9)3-12(1-2-13)4-7-10-5-11-14-7/h5-6,13H,1-4H2. The maximum Gasteiger partial charge on any atom is 0.251 e. The summed E-state index contributed by atoms with van der Waals surface area (Å²) >= 11 is 0. The summed E-state index contributed by atoms with van der Waals surface area (Å²) in [6.07, 6.45) is -1.24. The van der Waals surface area contributed by atoms with Crippen molar-refractivity contribution in [1.29, 1.82) is 0 Å². The zero-order chi connectivity index (χ0) is 10.4. The first-order valence-corrected chi connectivity index (χ1v) is 4.09. The molecule has 0 fully saturated rings. The molecule has 80 valence electrons. The van der Waals surface area contributed by atoms with Gasteiger partial charge in [0.05, 0.1) is 19.7 Å². The van der Waals surface area contributed by atoms with Gasteiger partial charge in [0.1, 0.15) is 0 Å². The van der Waals surface area contributed by atoms with E-state index in [1.807, 2.05) is 0 Å². The molecule has 1 rings (SSSR count). The molecule has 0 aliphatic rings. The Morgan fingerprint density at radius 3 is 2.86 bits per heavy atom. The second kappa shape index (κ2) is 5.61. The Balaban J connectivity index is 2.42. The molecule has 0 saturated carbocycles. The molecule has 0 aliphatic carbocycles. The van der Waals surface area contributed by atoms with Crippen LogP contribution in [0, 0.1) is 0 Å². The molecule has 0 unspecified atom stereocenters. The van der Waals surface area contributed by atoms with Gasteiger partial charge in [0.25, 0.3) is 6.43 Å². The maximum atomic E-state index is 12.0. The molecule has 0 saturated heterocycles. The van der Waals surface area contributed by atoms with Crippen molar-refractivity contribution in [2.45, 2.75) is 13.0 Å². The fraction of sp³-hybridized carbons (Fsp3) is 0.714. The quantitative estimate of drug-likeness (QED) is 0.718. The first-order valence-electron chi connectivity index (χ1n) is 4.09. The van der Waals surface area contributed by atoms with Gasteiger partial charge in [0.15, 0.2) is 6.33 Å². The molecule has 0 amide bonds. The zero-order valence-electron chi connectivity index (χ0n) is 7.44. The Labute approximate surface area is 79.3 Å². The van der Waals surface area contributed by atoms with Crippen molar-refractivity contribution >= 4 is 0 Å². The number of aliphatic hydroxyl groups is 1. The van der Waals surface area contributed by atoms with Crippen LogP contribution in [0.1, 0.15) is 5.89 Å². The molecule has 0 atom stereocenters. The average Bonchev–Trinajstić information content (AvgIpc) is 2.56. The minimum atomic E-state index is -2.44. The first-order chi connectivity index (χ1) is 6.72. The van der Waals surface area contributed by atoms with E-state index in [-0.39, 0.29) is 25.6 Å². The molecule has 0 aliphatic heterocycles. The fourth-order valence-corrected chi connectivity index (χ4v) is 1.03. The lowest BCUT2D eigenvalue weighted by atomic mass is 10.4. The van der Waals surface area contributed by atoms with Gasteiger partial charge in [-0.2, -0.15) is 4.98 Å². The highest BCUT2D eigenvalue weighted by atomic mass is 19.3. The van der Waals surface area contributed by atoms with Crippen LogP contribution in [0.25, 0.3) is 0 Å². The highest BCUT2D eigenvalue weighted by Crippen LogP contribution is 2.03. The smallest absolute Gasteiger partial charge is 0.251 e. The molecule has 0 radical (unpaired) electrons. The second-order valence-corrected chi connectivity index (χ2v) is 2.68. The number of nitrogens with zero attached hydrogens (tertiary/aromatic N) is 3. The Morgan fingerprint density at radius 1 is 1.57 bits per heavy atom. The van der Waals surface area contributed by atoms with Crippen molar-refractivity contribution in [3.05, 3.63) is 12.2 Å². The lowest BCUT2D eigenvalue weighted by molar-refractivity contribution is 0.0692. The molecule has 0 bridgehead atoms. The van der Waals surface area contributed by atoms with E-state index >= 15 is 0 Å². The predicted molar refractivity (Wildman–Crippen MR) is 42.7 cm³/mol. The molecule has 0 aromatic carbocycles. The molecule has 14 heavy (non-hydrogen) atoms. The number of hydrogen-bond donors (Lipinski definition) is 1. The van der Waals surface area contributed by atoms with E-state index in [0.29, 0.717) is 0 Å². The minimum Gasteiger partial charge on any atom is -0.395 e. The summed E-state index contributed by atoms with van der Waals surface area (Å²) in [7, 11) is 0. The molecule has 0 spiro atoms. The molecule has 1 N–H and O–H groups in total. The lowest BCUT2D eigenvalue weighted by Gasteiger charge is -2.18. The Bertz CT molecular complexity index is 243. The van der Waals surface area contributed by atoms with Gasteiger partial charge in [-0.3, -0.25) is 4.90 Å². The summed E-state index contributed by atoms with van der Waals surface area (Å²) in [6, 6.07) is 0. The zero-order valence-corrected chi connectivity index (χ0v) is 7.44. The van der Waals surface area contributed by atoms with Crippen molar-refractivity contribution in [2.24, 2.45) is 0 Å². The van der Waals surface area contributed by atoms with Crippen molar-refractivity contribution in [3.63, 3.8) is 0 Å². The van der Waals surface area contributed by atoms with Gasteiger partial charge in [0, 0.05) is 6.54 Å². The fourth-order valence-electron chi connectivity index (χ4n) is 1.03. The minimum absolute atomic E-state index is 0.130. The van der Waals surface area contributed by atoms with E-state index in [4.69, 9.17) is 5.11 Å². The number of aliphatic hydroxyl groups excluding tert-OH is 1. The number of aromatic nitrogens is 2. The largest absolute Gasteiger partial charge is 0.395 e. The molecule has 1 aromatic rings. The summed E-state index contributed by atoms with van der Waals surface area (Å²) in [6.45, 7) is -0.304. The Kier molecular flexibility index (Phi) is 4.41. The van der Waals surface area contributed by atoms with Gasteiger partial charge in [-0.15, -0.1) is 0 Å². The van der Waals surface area contributed by atoms with Crippen LogP contribution < -0.4 is 0 Å². The van der Waals surface area contributed by atoms with Crippen LogP contribution in [0.15, 0.2) is 10.9 Å². The van der Waals surface area contributed by atoms with E-state index in [0.717, 1.165) is 0 Å². The third-order valence-electron chi connectivity index (χ3n) is 1.58. The van der Waals surface area contributed by atoms with Crippen molar-refractivity contribution in [2.75, 3.05) is 19.7 Å². The van der Waals surface area contributed by atoms with Gasteiger partial charge in [-0.05, 0) is 0 Å². The van der Waals surface area contributed by atoms with Crippen LogP contribution in [0.2, 0.25) is 0 Å². The third-order valence-corrected chi connectivity index (χ3v) is 1.58. The van der Waals surface area contributed by atoms with Crippen LogP contribution >= 0.6 is 0 Å². The van der Waals surface area contributed by atoms with Gasteiger partial charge in [-0.1, -0.05) is 5.16 Å². The van der Waals surface area contributed by atoms with E-state index in [9.17, 15) is 8.78 Å². The SMILES string of the molecule is OCCN(Cc1ncno1)CC(F)F. The summed E-state index contributed by atoms with van der Waals surface area (Å²) in [5.41, 5.74) is 0. The van der Waals surface area contributed by atoms with E-state index < -0.39 is 13.0 Å². The summed E-state index contributed by atoms with van der Waals surface area (Å²) in [4.78, 5) is 5.05. The number of hydrogen-bond acceptors (Lipinski definition) is 5. The summed E-state index contributed by atoms with van der Waals surface area (Å²) < 4.78 is 28.8. The predicted octanol–water partition coefficient (Wildman–Crippen LogP) is 0.129. The Hall–Kier alpha value is -1.08. The topological polar surface area (TPSA) is 62.4 Å². The van der Waals surface area contributed by atoms with Crippen molar-refractivity contribution < 1.29 is 18.4 Å². The van der Waals surface area contributed by atoms with Crippen LogP contribution in [-0.2, 0) is 6.54 Å². The molecular weight excluding hydrogens is 196 g/mol. The van der Waals surface area contributed by atoms with Crippen LogP contribution in [0.3, 0.4) is 0 Å². The number of alkyl halides is 2. The van der Waals surface area contributed by atoms with Crippen molar-refractivity contribution in [1.82, 2.24) is 15.0 Å². The van der Waals surface area contributed by atoms with E-state index in [1.54, 1.807) is 0 Å². The average molecular weight is 207 g/mol. The van der Waals surface area contributed by atoms with Crippen LogP contribution in [0.5, 0.6) is 0 Å². The Morgan fingerprint density at radius 2 is 2.36 bits per heavy atom. The van der Waals surface area contributed by atoms with E-state index in [2.05, 4.69) is 14.7 Å². The molecular formula is C7H11F2N3O2. The maximum absolute atomic E-state index is 12.0. The van der Waals surface area contributed by atoms with Gasteiger partial charge in [-0.25, -0.2) is 8.78 Å². The van der Waals surface area contributed by atoms with Crippen LogP contribution in [-0.4, -0.2) is 46.3 Å². The summed E-state index contributed by atoms with van der Waals surface area (Å²) in [5, 5.41) is 12.0. The van der Waals surface area contributed by atoms with Crippen LogP contribution in [0.4, 0.5) is 8.78 Å². The molecule has 5 nitrogen and oxygen atoms in total. The highest BCUT2D eigenvalue weighted by molar-refractivity contribution is 4.75. The van der Waals surface area contributed by atoms with Gasteiger partial charge in [0.2, 0.25) is 5.89 Å². The van der Waals surface area contributed by atoms with E-state index in [1.165, 1.54) is 11.2 Å². The lowest BCUT2D eigenvalue weighted by Crippen LogP contribution is -2.31.